The molecule has 342 valence electrons. The number of hydrogen-bond donors (Lipinski definition) is 0. The van der Waals surface area contributed by atoms with E-state index in [2.05, 4.69) is 17.7 Å². The van der Waals surface area contributed by atoms with Gasteiger partial charge in [-0.05, 0) is 83.8 Å². The number of fused-ring (bicyclic) bond motifs is 5. The minimum atomic E-state index is -0.603. The molecule has 0 saturated carbocycles. The van der Waals surface area contributed by atoms with Crippen LogP contribution < -0.4 is 0 Å². The summed E-state index contributed by atoms with van der Waals surface area (Å²) in [6.45, 7) is 32.5. The largest absolute Gasteiger partial charge is 0.433 e. The van der Waals surface area contributed by atoms with Crippen LogP contribution in [0.25, 0.3) is 55.8 Å². The van der Waals surface area contributed by atoms with Crippen LogP contribution in [0.2, 0.25) is 5.22 Å². The van der Waals surface area contributed by atoms with E-state index in [9.17, 15) is 17.6 Å². The van der Waals surface area contributed by atoms with E-state index < -0.39 is 24.1 Å². The van der Waals surface area contributed by atoms with Gasteiger partial charge in [-0.25, -0.2) is 0 Å². The van der Waals surface area contributed by atoms with Gasteiger partial charge in [0.25, 0.3) is 53.0 Å². The average molecular weight is 895 g/mol. The Kier molecular flexibility index (Phi) is 23.1. The number of aryl methyl sites for hydroxylation is 7. The highest BCUT2D eigenvalue weighted by Gasteiger charge is 2.15. The molecule has 0 spiro atoms. The van der Waals surface area contributed by atoms with Crippen molar-refractivity contribution in [2.75, 3.05) is 0 Å². The molecular weight excluding hydrogens is 836 g/mol. The molecule has 10 heterocycles. The number of furan rings is 10. The Morgan fingerprint density at radius 2 is 0.952 bits per heavy atom. The van der Waals surface area contributed by atoms with Gasteiger partial charge in [-0.3, -0.25) is 0 Å². The Balaban J connectivity index is 0.000000369. The summed E-state index contributed by atoms with van der Waals surface area (Å²) in [4.78, 5) is 0. The molecule has 0 N–H and O–H groups in total. The first-order valence-corrected chi connectivity index (χ1v) is 20.8. The van der Waals surface area contributed by atoms with Crippen molar-refractivity contribution >= 4 is 67.4 Å². The Hall–Kier alpha value is -5.89. The Bertz CT molecular complexity index is 2580. The predicted octanol–water partition coefficient (Wildman–Crippen LogP) is 18.6. The first-order valence-electron chi connectivity index (χ1n) is 20.4. The van der Waals surface area contributed by atoms with E-state index in [0.717, 1.165) is 50.0 Å². The SMILES string of the molecule is CC.CC.CC.CC.CC.Cc1cc2c(C)c(F)oc2o1.Cc1cc2cc(F)oc2o1.Cc1coc2oc(F)c(C)c12.Cc1oc2oc(F)cc2c1C.Clc1cc2ccoc2o1. The molecule has 15 heteroatoms. The number of hydrogen-bond acceptors (Lipinski definition) is 10. The lowest BCUT2D eigenvalue weighted by Crippen LogP contribution is -1.72. The van der Waals surface area contributed by atoms with E-state index in [0.29, 0.717) is 27.5 Å². The fourth-order valence-corrected chi connectivity index (χ4v) is 5.24. The van der Waals surface area contributed by atoms with Crippen molar-refractivity contribution in [3.63, 3.8) is 0 Å². The molecule has 0 aliphatic carbocycles. The zero-order chi connectivity index (χ0) is 47.4. The quantitative estimate of drug-likeness (QED) is 0.136. The van der Waals surface area contributed by atoms with Gasteiger partial charge in [0, 0.05) is 34.9 Å². The van der Waals surface area contributed by atoms with E-state index in [-0.39, 0.29) is 23.1 Å². The highest BCUT2D eigenvalue weighted by atomic mass is 35.5. The van der Waals surface area contributed by atoms with Crippen molar-refractivity contribution in [3.8, 4) is 0 Å². The second-order valence-electron chi connectivity index (χ2n) is 11.5. The lowest BCUT2D eigenvalue weighted by Gasteiger charge is -1.82. The van der Waals surface area contributed by atoms with Crippen LogP contribution in [0, 0.1) is 72.5 Å². The standard InChI is InChI=1S/3C8H7FO2.C7H5FO2.C6H3ClO2.5C2H6/c1-4-5(2)10-8-6(4)3-7(9)11-8;1-4-3-10-8-6(4)5(2)7(9)11-8;1-4-3-6-5(2)7(9)11-8(6)10-4;1-4-2-5-3-6(8)10-7(5)9-4;7-5-3-4-1-2-8-6(4)9-5;5*1-2/h3*3H,1-2H3;2-3H,1H3;1-3H;5*1-2H3. The van der Waals surface area contributed by atoms with Crippen molar-refractivity contribution in [2.45, 2.75) is 118 Å². The lowest BCUT2D eigenvalue weighted by atomic mass is 10.2. The van der Waals surface area contributed by atoms with E-state index >= 15 is 0 Å². The summed E-state index contributed by atoms with van der Waals surface area (Å²) in [7, 11) is 0. The van der Waals surface area contributed by atoms with Crippen LogP contribution in [0.5, 0.6) is 0 Å². The zero-order valence-electron chi connectivity index (χ0n) is 38.6. The lowest BCUT2D eigenvalue weighted by molar-refractivity contribution is 0.338. The Labute approximate surface area is 363 Å². The van der Waals surface area contributed by atoms with E-state index in [1.807, 2.05) is 90.0 Å². The van der Waals surface area contributed by atoms with Gasteiger partial charge in [-0.1, -0.05) is 69.2 Å². The minimum absolute atomic E-state index is 0.259. The van der Waals surface area contributed by atoms with Crippen molar-refractivity contribution < 1.29 is 61.7 Å². The predicted molar refractivity (Wildman–Crippen MR) is 237 cm³/mol. The van der Waals surface area contributed by atoms with Crippen LogP contribution in [0.3, 0.4) is 0 Å². The molecule has 10 rings (SSSR count). The molecule has 0 bridgehead atoms. The van der Waals surface area contributed by atoms with E-state index in [1.54, 1.807) is 64.5 Å². The van der Waals surface area contributed by atoms with Crippen LogP contribution >= 0.6 is 11.6 Å². The minimum Gasteiger partial charge on any atom is -0.433 e. The van der Waals surface area contributed by atoms with Crippen LogP contribution in [0.4, 0.5) is 17.6 Å². The zero-order valence-corrected chi connectivity index (χ0v) is 39.3. The summed E-state index contributed by atoms with van der Waals surface area (Å²) in [5.74, 6) is 3.82. The summed E-state index contributed by atoms with van der Waals surface area (Å²) >= 11 is 5.50. The molecule has 0 aliphatic rings. The third-order valence-corrected chi connectivity index (χ3v) is 7.95. The summed E-state index contributed by atoms with van der Waals surface area (Å²) in [5.41, 5.74) is 2.88. The molecule has 62 heavy (non-hydrogen) atoms. The molecule has 0 aliphatic heterocycles. The third-order valence-electron chi connectivity index (χ3n) is 7.77. The summed E-state index contributed by atoms with van der Waals surface area (Å²) < 4.78 is 98.6. The maximum absolute atomic E-state index is 12.7. The normalized spacial score (nSPS) is 9.77. The topological polar surface area (TPSA) is 131 Å². The molecule has 0 radical (unpaired) electrons. The van der Waals surface area contributed by atoms with Crippen molar-refractivity contribution in [3.05, 3.63) is 118 Å². The van der Waals surface area contributed by atoms with Gasteiger partial charge in [0.1, 0.15) is 17.3 Å². The second-order valence-corrected chi connectivity index (χ2v) is 11.9. The van der Waals surface area contributed by atoms with Crippen LogP contribution in [0.15, 0.2) is 93.1 Å². The molecule has 10 aromatic heterocycles. The van der Waals surface area contributed by atoms with Gasteiger partial charge in [0.05, 0.1) is 39.5 Å². The molecule has 0 aromatic carbocycles. The van der Waals surface area contributed by atoms with Crippen molar-refractivity contribution in [2.24, 2.45) is 0 Å². The molecule has 0 unspecified atom stereocenters. The Morgan fingerprint density at radius 3 is 1.52 bits per heavy atom. The second kappa shape index (κ2) is 26.4. The summed E-state index contributed by atoms with van der Waals surface area (Å²) in [6, 6.07) is 7.31. The molecule has 0 saturated heterocycles. The molecule has 10 nitrogen and oxygen atoms in total. The molecular formula is C47H59ClF4O10. The molecule has 10 aromatic rings. The van der Waals surface area contributed by atoms with Gasteiger partial charge in [0.15, 0.2) is 5.22 Å². The fourth-order valence-electron chi connectivity index (χ4n) is 5.05. The molecule has 0 amide bonds. The number of halogens is 5. The van der Waals surface area contributed by atoms with Gasteiger partial charge in [0.2, 0.25) is 0 Å². The van der Waals surface area contributed by atoms with Crippen LogP contribution in [-0.2, 0) is 0 Å². The van der Waals surface area contributed by atoms with Gasteiger partial charge < -0.3 is 44.2 Å². The van der Waals surface area contributed by atoms with Crippen LogP contribution in [-0.4, -0.2) is 0 Å². The summed E-state index contributed by atoms with van der Waals surface area (Å²) in [5, 5.41) is 4.14. The van der Waals surface area contributed by atoms with Crippen molar-refractivity contribution in [1.82, 2.24) is 0 Å². The first kappa shape index (κ1) is 54.1. The van der Waals surface area contributed by atoms with E-state index in [1.165, 1.54) is 12.1 Å². The smallest absolute Gasteiger partial charge is 0.300 e. The third kappa shape index (κ3) is 13.8. The summed E-state index contributed by atoms with van der Waals surface area (Å²) in [6.07, 6.45) is 3.12. The number of rotatable bonds is 0. The fraction of sp³-hybridized carbons (Fsp3) is 0.362. The first-order chi connectivity index (χ1) is 29.7. The average Bonchev–Trinajstić information content (AvgIpc) is 4.17. The highest BCUT2D eigenvalue weighted by molar-refractivity contribution is 6.29. The highest BCUT2D eigenvalue weighted by Crippen LogP contribution is 2.29. The van der Waals surface area contributed by atoms with Gasteiger partial charge >= 0.3 is 0 Å². The molecule has 0 atom stereocenters. The maximum atomic E-state index is 12.7. The van der Waals surface area contributed by atoms with Crippen molar-refractivity contribution in [1.29, 1.82) is 0 Å². The monoisotopic (exact) mass is 894 g/mol. The van der Waals surface area contributed by atoms with Gasteiger partial charge in [-0.2, -0.15) is 17.6 Å². The van der Waals surface area contributed by atoms with Gasteiger partial charge in [-0.15, -0.1) is 0 Å². The van der Waals surface area contributed by atoms with E-state index in [4.69, 9.17) is 38.1 Å². The molecule has 0 fully saturated rings. The maximum Gasteiger partial charge on any atom is 0.300 e. The Morgan fingerprint density at radius 1 is 0.435 bits per heavy atom. The van der Waals surface area contributed by atoms with Crippen LogP contribution in [0.1, 0.15) is 109 Å².